The Hall–Kier alpha value is -2.38. The molecule has 0 fully saturated rings. The Morgan fingerprint density at radius 1 is 1.33 bits per heavy atom. The molecule has 1 aromatic carbocycles. The molecular weight excluding hydrogens is 318 g/mol. The van der Waals surface area contributed by atoms with Crippen LogP contribution in [0.5, 0.6) is 5.75 Å². The van der Waals surface area contributed by atoms with E-state index in [0.717, 1.165) is 0 Å². The number of carbonyl (C=O) groups is 1. The van der Waals surface area contributed by atoms with Crippen LogP contribution in [0.25, 0.3) is 0 Å². The predicted octanol–water partition coefficient (Wildman–Crippen LogP) is 1.85. The summed E-state index contributed by atoms with van der Waals surface area (Å²) < 4.78 is 29.3. The van der Waals surface area contributed by atoms with Gasteiger partial charge in [-0.2, -0.15) is 8.78 Å². The number of nitrogens with one attached hydrogen (secondary N) is 2. The maximum absolute atomic E-state index is 12.4. The van der Waals surface area contributed by atoms with Gasteiger partial charge in [-0.05, 0) is 26.8 Å². The molecule has 0 saturated carbocycles. The second-order valence-corrected chi connectivity index (χ2v) is 5.78. The fraction of sp³-hybridized carbons (Fsp3) is 0.500. The standard InChI is InChI=1S/C16H24F2N4O2/c1-4-20-15(22-10-16(2,3)13(19)23)21-9-11-7-5-6-8-12(11)24-14(17)18/h5-8,14H,4,9-10H2,1-3H3,(H2,19,23)(H2,20,21,22). The van der Waals surface area contributed by atoms with E-state index in [1.807, 2.05) is 6.92 Å². The molecule has 0 spiro atoms. The number of aliphatic imine (C=N–C) groups is 1. The third-order valence-electron chi connectivity index (χ3n) is 3.31. The number of rotatable bonds is 8. The lowest BCUT2D eigenvalue weighted by Gasteiger charge is -2.22. The first-order chi connectivity index (χ1) is 11.3. The third kappa shape index (κ3) is 6.39. The van der Waals surface area contributed by atoms with Gasteiger partial charge in [0.2, 0.25) is 5.91 Å². The first-order valence-corrected chi connectivity index (χ1v) is 7.61. The summed E-state index contributed by atoms with van der Waals surface area (Å²) in [6.45, 7) is 3.49. The molecule has 1 rings (SSSR count). The summed E-state index contributed by atoms with van der Waals surface area (Å²) in [7, 11) is 0. The number of nitrogens with two attached hydrogens (primary N) is 1. The normalized spacial score (nSPS) is 12.2. The monoisotopic (exact) mass is 342 g/mol. The summed E-state index contributed by atoms with van der Waals surface area (Å²) in [4.78, 5) is 15.7. The summed E-state index contributed by atoms with van der Waals surface area (Å²) in [6, 6.07) is 6.47. The lowest BCUT2D eigenvalue weighted by Crippen LogP contribution is -2.46. The Bertz CT molecular complexity index is 577. The van der Waals surface area contributed by atoms with Crippen LogP contribution in [0.15, 0.2) is 29.3 Å². The van der Waals surface area contributed by atoms with Gasteiger partial charge in [0.1, 0.15) is 5.75 Å². The van der Waals surface area contributed by atoms with Crippen molar-refractivity contribution in [1.29, 1.82) is 0 Å². The number of para-hydroxylation sites is 1. The van der Waals surface area contributed by atoms with Crippen LogP contribution >= 0.6 is 0 Å². The van der Waals surface area contributed by atoms with Gasteiger partial charge < -0.3 is 21.1 Å². The Kier molecular flexibility index (Phi) is 7.41. The van der Waals surface area contributed by atoms with Crippen molar-refractivity contribution in [2.45, 2.75) is 33.9 Å². The second kappa shape index (κ2) is 9.05. The van der Waals surface area contributed by atoms with Crippen molar-refractivity contribution in [3.8, 4) is 5.75 Å². The summed E-state index contributed by atoms with van der Waals surface area (Å²) in [5.74, 6) is 0.116. The molecule has 8 heteroatoms. The van der Waals surface area contributed by atoms with Crippen molar-refractivity contribution in [3.05, 3.63) is 29.8 Å². The van der Waals surface area contributed by atoms with E-state index < -0.39 is 17.9 Å². The van der Waals surface area contributed by atoms with E-state index in [2.05, 4.69) is 20.4 Å². The van der Waals surface area contributed by atoms with Crippen molar-refractivity contribution in [3.63, 3.8) is 0 Å². The molecular formula is C16H24F2N4O2. The Morgan fingerprint density at radius 3 is 2.58 bits per heavy atom. The lowest BCUT2D eigenvalue weighted by atomic mass is 9.93. The molecule has 24 heavy (non-hydrogen) atoms. The number of halogens is 2. The number of carbonyl (C=O) groups excluding carboxylic acids is 1. The number of hydrogen-bond donors (Lipinski definition) is 3. The smallest absolute Gasteiger partial charge is 0.387 e. The predicted molar refractivity (Wildman–Crippen MR) is 88.9 cm³/mol. The molecule has 0 heterocycles. The minimum atomic E-state index is -2.89. The highest BCUT2D eigenvalue weighted by Gasteiger charge is 2.24. The van der Waals surface area contributed by atoms with Gasteiger partial charge in [0, 0.05) is 18.7 Å². The quantitative estimate of drug-likeness (QED) is 0.497. The van der Waals surface area contributed by atoms with Crippen LogP contribution in [-0.4, -0.2) is 31.6 Å². The van der Waals surface area contributed by atoms with Gasteiger partial charge in [0.15, 0.2) is 5.96 Å². The van der Waals surface area contributed by atoms with E-state index in [4.69, 9.17) is 5.73 Å². The van der Waals surface area contributed by atoms with Gasteiger partial charge >= 0.3 is 6.61 Å². The largest absolute Gasteiger partial charge is 0.434 e. The van der Waals surface area contributed by atoms with E-state index in [-0.39, 0.29) is 12.3 Å². The van der Waals surface area contributed by atoms with E-state index in [9.17, 15) is 13.6 Å². The Balaban J connectivity index is 2.81. The van der Waals surface area contributed by atoms with E-state index in [0.29, 0.717) is 24.6 Å². The number of amides is 1. The minimum absolute atomic E-state index is 0.0876. The highest BCUT2D eigenvalue weighted by Crippen LogP contribution is 2.21. The molecule has 0 unspecified atom stereocenters. The van der Waals surface area contributed by atoms with Gasteiger partial charge in [-0.25, -0.2) is 4.99 Å². The minimum Gasteiger partial charge on any atom is -0.434 e. The summed E-state index contributed by atoms with van der Waals surface area (Å²) in [5.41, 5.74) is 5.12. The molecule has 6 nitrogen and oxygen atoms in total. The maximum Gasteiger partial charge on any atom is 0.387 e. The maximum atomic E-state index is 12.4. The number of guanidine groups is 1. The number of alkyl halides is 2. The SMILES string of the molecule is CCNC(=NCc1ccccc1OC(F)F)NCC(C)(C)C(N)=O. The highest BCUT2D eigenvalue weighted by atomic mass is 19.3. The van der Waals surface area contributed by atoms with Crippen LogP contribution in [0.3, 0.4) is 0 Å². The first kappa shape index (κ1) is 19.7. The molecule has 0 radical (unpaired) electrons. The molecule has 0 aliphatic rings. The van der Waals surface area contributed by atoms with E-state index in [1.165, 1.54) is 6.07 Å². The fourth-order valence-corrected chi connectivity index (χ4v) is 1.74. The van der Waals surface area contributed by atoms with Crippen LogP contribution in [0, 0.1) is 5.41 Å². The molecule has 134 valence electrons. The molecule has 1 amide bonds. The second-order valence-electron chi connectivity index (χ2n) is 5.78. The topological polar surface area (TPSA) is 88.7 Å². The summed E-state index contributed by atoms with van der Waals surface area (Å²) >= 11 is 0. The van der Waals surface area contributed by atoms with Crippen molar-refractivity contribution in [2.75, 3.05) is 13.1 Å². The average molecular weight is 342 g/mol. The van der Waals surface area contributed by atoms with Gasteiger partial charge in [-0.1, -0.05) is 18.2 Å². The Morgan fingerprint density at radius 2 is 2.00 bits per heavy atom. The zero-order valence-electron chi connectivity index (χ0n) is 14.1. The van der Waals surface area contributed by atoms with Crippen LogP contribution in [0.4, 0.5) is 8.78 Å². The van der Waals surface area contributed by atoms with Crippen LogP contribution in [-0.2, 0) is 11.3 Å². The number of hydrogen-bond acceptors (Lipinski definition) is 3. The molecule has 0 saturated heterocycles. The van der Waals surface area contributed by atoms with E-state index in [1.54, 1.807) is 32.0 Å². The third-order valence-corrected chi connectivity index (χ3v) is 3.31. The molecule has 0 aliphatic carbocycles. The summed E-state index contributed by atoms with van der Waals surface area (Å²) in [6.07, 6.45) is 0. The van der Waals surface area contributed by atoms with Crippen molar-refractivity contribution < 1.29 is 18.3 Å². The fourth-order valence-electron chi connectivity index (χ4n) is 1.74. The molecule has 0 atom stereocenters. The molecule has 4 N–H and O–H groups in total. The van der Waals surface area contributed by atoms with Crippen molar-refractivity contribution >= 4 is 11.9 Å². The highest BCUT2D eigenvalue weighted by molar-refractivity contribution is 5.83. The molecule has 0 bridgehead atoms. The number of primary amides is 1. The van der Waals surface area contributed by atoms with Gasteiger partial charge in [-0.3, -0.25) is 4.79 Å². The lowest BCUT2D eigenvalue weighted by molar-refractivity contribution is -0.125. The van der Waals surface area contributed by atoms with Crippen LogP contribution in [0.2, 0.25) is 0 Å². The van der Waals surface area contributed by atoms with Crippen molar-refractivity contribution in [2.24, 2.45) is 16.1 Å². The molecule has 1 aromatic rings. The zero-order chi connectivity index (χ0) is 18.2. The van der Waals surface area contributed by atoms with Crippen LogP contribution in [0.1, 0.15) is 26.3 Å². The Labute approximate surface area is 140 Å². The van der Waals surface area contributed by atoms with Crippen LogP contribution < -0.4 is 21.1 Å². The number of nitrogens with zero attached hydrogens (tertiary/aromatic N) is 1. The van der Waals surface area contributed by atoms with Gasteiger partial charge in [0.25, 0.3) is 0 Å². The zero-order valence-corrected chi connectivity index (χ0v) is 14.1. The molecule has 0 aromatic heterocycles. The van der Waals surface area contributed by atoms with Gasteiger partial charge in [0.05, 0.1) is 12.0 Å². The number of ether oxygens (including phenoxy) is 1. The molecule has 0 aliphatic heterocycles. The first-order valence-electron chi connectivity index (χ1n) is 7.61. The summed E-state index contributed by atoms with van der Waals surface area (Å²) in [5, 5.41) is 6.04. The average Bonchev–Trinajstić information content (AvgIpc) is 2.50. The number of benzene rings is 1. The van der Waals surface area contributed by atoms with E-state index >= 15 is 0 Å². The van der Waals surface area contributed by atoms with Gasteiger partial charge in [-0.15, -0.1) is 0 Å². The van der Waals surface area contributed by atoms with Crippen molar-refractivity contribution in [1.82, 2.24) is 10.6 Å².